The van der Waals surface area contributed by atoms with Crippen LogP contribution < -0.4 is 10.1 Å². The molecule has 8 heteroatoms. The zero-order valence-electron chi connectivity index (χ0n) is 28.1. The van der Waals surface area contributed by atoms with Gasteiger partial charge in [-0.15, -0.1) is 0 Å². The van der Waals surface area contributed by atoms with E-state index < -0.39 is 0 Å². The molecule has 0 fully saturated rings. The number of benzene rings is 4. The molecule has 2 amide bonds. The summed E-state index contributed by atoms with van der Waals surface area (Å²) in [6.45, 7) is 5.60. The number of aliphatic hydroxyl groups excluding tert-OH is 1. The van der Waals surface area contributed by atoms with Crippen molar-refractivity contribution < 1.29 is 19.4 Å². The third-order valence-electron chi connectivity index (χ3n) is 9.28. The summed E-state index contributed by atoms with van der Waals surface area (Å²) in [7, 11) is 4.05. The van der Waals surface area contributed by atoms with Crippen LogP contribution in [-0.2, 0) is 24.8 Å². The fraction of sp³-hybridized carbons (Fsp3) is 0.300. The highest BCUT2D eigenvalue weighted by Gasteiger charge is 2.33. The molecule has 4 aromatic carbocycles. The summed E-state index contributed by atoms with van der Waals surface area (Å²) in [6, 6.07) is 31.9. The topological polar surface area (TPSA) is 87.0 Å². The van der Waals surface area contributed by atoms with Crippen LogP contribution in [0.3, 0.4) is 0 Å². The SMILES string of the molecule is C[C@H](CO)N1C[C@H](C)[C@@H](CN(C)Cc2ccc(-c3ccccc3)cc2)Oc2ccc(NC(=O)Cc3cn(C)c4ccccc34)cc2C1=O. The molecule has 248 valence electrons. The Morgan fingerprint density at radius 3 is 2.46 bits per heavy atom. The van der Waals surface area contributed by atoms with E-state index in [0.29, 0.717) is 30.1 Å². The van der Waals surface area contributed by atoms with Crippen molar-refractivity contribution in [2.75, 3.05) is 32.1 Å². The van der Waals surface area contributed by atoms with E-state index in [1.165, 1.54) is 16.7 Å². The minimum absolute atomic E-state index is 0.000851. The number of aromatic nitrogens is 1. The molecule has 1 aliphatic rings. The van der Waals surface area contributed by atoms with Gasteiger partial charge in [0.25, 0.3) is 5.91 Å². The van der Waals surface area contributed by atoms with Gasteiger partial charge in [-0.1, -0.05) is 79.7 Å². The lowest BCUT2D eigenvalue weighted by molar-refractivity contribution is -0.115. The molecular formula is C40H44N4O4. The van der Waals surface area contributed by atoms with Crippen molar-refractivity contribution in [2.24, 2.45) is 13.0 Å². The first-order valence-electron chi connectivity index (χ1n) is 16.6. The van der Waals surface area contributed by atoms with Gasteiger partial charge < -0.3 is 24.6 Å². The lowest BCUT2D eigenvalue weighted by Crippen LogP contribution is -2.49. The molecule has 1 aromatic heterocycles. The number of ether oxygens (including phenoxy) is 1. The van der Waals surface area contributed by atoms with Crippen LogP contribution in [0, 0.1) is 5.92 Å². The molecule has 2 heterocycles. The number of para-hydroxylation sites is 1. The lowest BCUT2D eigenvalue weighted by Gasteiger charge is -2.38. The van der Waals surface area contributed by atoms with Crippen molar-refractivity contribution >= 4 is 28.4 Å². The second-order valence-electron chi connectivity index (χ2n) is 13.1. The molecule has 0 saturated carbocycles. The first-order valence-corrected chi connectivity index (χ1v) is 16.6. The number of rotatable bonds is 10. The standard InChI is InChI=1S/C40H44N4O4/c1-27-22-44(28(2)26-45)40(47)35-21-33(41-39(46)20-32-24-43(4)36-13-9-8-12-34(32)36)18-19-37(35)48-38(27)25-42(3)23-29-14-16-31(17-15-29)30-10-6-5-7-11-30/h5-19,21,24,27-28,38,45H,20,22-23,25-26H2,1-4H3,(H,41,46)/t27-,28+,38+/m0/s1. The van der Waals surface area contributed by atoms with E-state index in [0.717, 1.165) is 23.0 Å². The molecule has 0 saturated heterocycles. The van der Waals surface area contributed by atoms with Crippen molar-refractivity contribution in [2.45, 2.75) is 39.0 Å². The van der Waals surface area contributed by atoms with E-state index in [9.17, 15) is 14.7 Å². The fourth-order valence-corrected chi connectivity index (χ4v) is 6.58. The molecule has 0 aliphatic carbocycles. The molecule has 0 bridgehead atoms. The Hall–Kier alpha value is -4.92. The first kappa shape index (κ1) is 33.0. The van der Waals surface area contributed by atoms with Crippen LogP contribution in [0.1, 0.15) is 35.3 Å². The van der Waals surface area contributed by atoms with E-state index in [2.05, 4.69) is 60.6 Å². The molecule has 3 atom stereocenters. The average Bonchev–Trinajstić information content (AvgIpc) is 3.41. The van der Waals surface area contributed by atoms with Gasteiger partial charge in [0, 0.05) is 55.4 Å². The number of aryl methyl sites for hydroxylation is 1. The van der Waals surface area contributed by atoms with Crippen LogP contribution in [0.15, 0.2) is 103 Å². The van der Waals surface area contributed by atoms with Gasteiger partial charge in [-0.25, -0.2) is 0 Å². The highest BCUT2D eigenvalue weighted by Crippen LogP contribution is 2.31. The van der Waals surface area contributed by atoms with Crippen molar-refractivity contribution in [3.8, 4) is 16.9 Å². The maximum Gasteiger partial charge on any atom is 0.258 e. The van der Waals surface area contributed by atoms with Crippen LogP contribution in [0.5, 0.6) is 5.75 Å². The fourth-order valence-electron chi connectivity index (χ4n) is 6.58. The van der Waals surface area contributed by atoms with E-state index in [1.54, 1.807) is 23.1 Å². The number of likely N-dealkylation sites (N-methyl/N-ethyl adjacent to an activating group) is 1. The highest BCUT2D eigenvalue weighted by molar-refractivity contribution is 6.00. The van der Waals surface area contributed by atoms with Crippen molar-refractivity contribution in [3.05, 3.63) is 120 Å². The Labute approximate surface area is 282 Å². The second-order valence-corrected chi connectivity index (χ2v) is 13.1. The third-order valence-corrected chi connectivity index (χ3v) is 9.28. The predicted molar refractivity (Wildman–Crippen MR) is 191 cm³/mol. The van der Waals surface area contributed by atoms with Crippen LogP contribution in [0.4, 0.5) is 5.69 Å². The van der Waals surface area contributed by atoms with Gasteiger partial charge in [0.1, 0.15) is 11.9 Å². The maximum atomic E-state index is 13.9. The van der Waals surface area contributed by atoms with Crippen molar-refractivity contribution in [3.63, 3.8) is 0 Å². The molecule has 8 nitrogen and oxygen atoms in total. The Morgan fingerprint density at radius 2 is 1.71 bits per heavy atom. The molecule has 6 rings (SSSR count). The van der Waals surface area contributed by atoms with Gasteiger partial charge in [0.15, 0.2) is 0 Å². The van der Waals surface area contributed by atoms with Crippen molar-refractivity contribution in [1.29, 1.82) is 0 Å². The van der Waals surface area contributed by atoms with Crippen LogP contribution in [-0.4, -0.2) is 70.2 Å². The maximum absolute atomic E-state index is 13.9. The average molecular weight is 645 g/mol. The summed E-state index contributed by atoms with van der Waals surface area (Å²) in [5.74, 6) is 0.0725. The first-order chi connectivity index (χ1) is 23.2. The number of amides is 2. The molecule has 48 heavy (non-hydrogen) atoms. The number of anilines is 1. The summed E-state index contributed by atoms with van der Waals surface area (Å²) < 4.78 is 8.63. The Morgan fingerprint density at radius 1 is 1.00 bits per heavy atom. The van der Waals surface area contributed by atoms with E-state index in [-0.39, 0.29) is 42.9 Å². The Balaban J connectivity index is 1.19. The monoisotopic (exact) mass is 644 g/mol. The number of nitrogens with zero attached hydrogens (tertiary/aromatic N) is 3. The van der Waals surface area contributed by atoms with Crippen LogP contribution in [0.25, 0.3) is 22.0 Å². The third kappa shape index (κ3) is 7.30. The Kier molecular flexibility index (Phi) is 9.94. The van der Waals surface area contributed by atoms with Gasteiger partial charge in [0.2, 0.25) is 5.91 Å². The van der Waals surface area contributed by atoms with Gasteiger partial charge in [-0.3, -0.25) is 14.5 Å². The summed E-state index contributed by atoms with van der Waals surface area (Å²) in [6.07, 6.45) is 1.97. The molecule has 2 N–H and O–H groups in total. The molecule has 0 radical (unpaired) electrons. The zero-order valence-corrected chi connectivity index (χ0v) is 28.1. The summed E-state index contributed by atoms with van der Waals surface area (Å²) in [5.41, 5.74) is 6.47. The molecule has 0 unspecified atom stereocenters. The quantitative estimate of drug-likeness (QED) is 0.184. The molecule has 5 aromatic rings. The number of nitrogens with one attached hydrogen (secondary N) is 1. The molecule has 0 spiro atoms. The van der Waals surface area contributed by atoms with E-state index in [1.807, 2.05) is 67.2 Å². The second kappa shape index (κ2) is 14.5. The van der Waals surface area contributed by atoms with Gasteiger partial charge in [-0.05, 0) is 60.5 Å². The minimum atomic E-state index is -0.378. The number of aliphatic hydroxyl groups is 1. The number of carbonyl (C=O) groups excluding carboxylic acids is 2. The number of hydrogen-bond acceptors (Lipinski definition) is 5. The number of hydrogen-bond donors (Lipinski definition) is 2. The van der Waals surface area contributed by atoms with E-state index in [4.69, 9.17) is 4.74 Å². The zero-order chi connectivity index (χ0) is 33.8. The summed E-state index contributed by atoms with van der Waals surface area (Å²) in [5, 5.41) is 14.1. The highest BCUT2D eigenvalue weighted by atomic mass is 16.5. The number of carbonyl (C=O) groups is 2. The molecule has 1 aliphatic heterocycles. The van der Waals surface area contributed by atoms with Gasteiger partial charge in [0.05, 0.1) is 24.6 Å². The van der Waals surface area contributed by atoms with Crippen LogP contribution in [0.2, 0.25) is 0 Å². The normalized spacial score (nSPS) is 17.0. The number of fused-ring (bicyclic) bond motifs is 2. The van der Waals surface area contributed by atoms with Gasteiger partial charge in [-0.2, -0.15) is 0 Å². The van der Waals surface area contributed by atoms with E-state index >= 15 is 0 Å². The summed E-state index contributed by atoms with van der Waals surface area (Å²) in [4.78, 5) is 31.1. The van der Waals surface area contributed by atoms with Gasteiger partial charge >= 0.3 is 0 Å². The minimum Gasteiger partial charge on any atom is -0.488 e. The predicted octanol–water partition coefficient (Wildman–Crippen LogP) is 6.38. The van der Waals surface area contributed by atoms with Crippen molar-refractivity contribution in [1.82, 2.24) is 14.4 Å². The Bertz CT molecular complexity index is 1890. The smallest absolute Gasteiger partial charge is 0.258 e. The molecular weight excluding hydrogens is 600 g/mol. The largest absolute Gasteiger partial charge is 0.488 e. The summed E-state index contributed by atoms with van der Waals surface area (Å²) >= 11 is 0. The lowest BCUT2D eigenvalue weighted by atomic mass is 9.99. The van der Waals surface area contributed by atoms with Crippen LogP contribution >= 0.6 is 0 Å².